The van der Waals surface area contributed by atoms with E-state index in [9.17, 15) is 9.59 Å². The van der Waals surface area contributed by atoms with Crippen molar-refractivity contribution in [2.45, 2.75) is 51.4 Å². The number of carbonyl (C=O) groups excluding carboxylic acids is 2. The number of hydrogen-bond donors (Lipinski definition) is 3. The Morgan fingerprint density at radius 2 is 2.04 bits per heavy atom. The number of nitrogens with two attached hydrogens (primary N) is 1. The first-order chi connectivity index (χ1) is 10.8. The standard InChI is InChI=1S/C17H25N3O3/c1-17(2,3)20-15(21)11-5-4-6-12(9-11)19-16(22)14-8-7-13(10-18)23-14/h4-6,9,13-14H,7-8,10,18H2,1-3H3,(H,19,22)(H,20,21)/t13-,14+/m1/s1. The maximum atomic E-state index is 12.2. The fourth-order valence-corrected chi connectivity index (χ4v) is 2.45. The van der Waals surface area contributed by atoms with E-state index in [0.717, 1.165) is 6.42 Å². The molecule has 1 heterocycles. The van der Waals surface area contributed by atoms with E-state index in [2.05, 4.69) is 10.6 Å². The van der Waals surface area contributed by atoms with Crippen LogP contribution < -0.4 is 16.4 Å². The lowest BCUT2D eigenvalue weighted by Gasteiger charge is -2.20. The number of rotatable bonds is 4. The molecule has 0 aliphatic carbocycles. The van der Waals surface area contributed by atoms with Gasteiger partial charge in [-0.3, -0.25) is 9.59 Å². The largest absolute Gasteiger partial charge is 0.364 e. The van der Waals surface area contributed by atoms with Gasteiger partial charge in [-0.2, -0.15) is 0 Å². The van der Waals surface area contributed by atoms with Gasteiger partial charge in [0, 0.05) is 23.3 Å². The fourth-order valence-electron chi connectivity index (χ4n) is 2.45. The maximum Gasteiger partial charge on any atom is 0.253 e. The van der Waals surface area contributed by atoms with Crippen LogP contribution >= 0.6 is 0 Å². The number of anilines is 1. The summed E-state index contributed by atoms with van der Waals surface area (Å²) in [6.07, 6.45) is 0.936. The molecule has 6 nitrogen and oxygen atoms in total. The highest BCUT2D eigenvalue weighted by Crippen LogP contribution is 2.21. The summed E-state index contributed by atoms with van der Waals surface area (Å²) in [6, 6.07) is 6.87. The molecule has 0 bridgehead atoms. The zero-order chi connectivity index (χ0) is 17.0. The van der Waals surface area contributed by atoms with Gasteiger partial charge in [-0.1, -0.05) is 6.07 Å². The van der Waals surface area contributed by atoms with Crippen molar-refractivity contribution in [3.8, 4) is 0 Å². The molecule has 4 N–H and O–H groups in total. The van der Waals surface area contributed by atoms with Crippen molar-refractivity contribution in [2.24, 2.45) is 5.73 Å². The van der Waals surface area contributed by atoms with E-state index in [4.69, 9.17) is 10.5 Å². The molecule has 23 heavy (non-hydrogen) atoms. The third-order valence-corrected chi connectivity index (χ3v) is 3.54. The van der Waals surface area contributed by atoms with E-state index in [1.807, 2.05) is 20.8 Å². The molecule has 2 rings (SSSR count). The van der Waals surface area contributed by atoms with Gasteiger partial charge in [0.05, 0.1) is 6.10 Å². The van der Waals surface area contributed by atoms with E-state index in [-0.39, 0.29) is 23.5 Å². The van der Waals surface area contributed by atoms with Crippen molar-refractivity contribution in [2.75, 3.05) is 11.9 Å². The molecule has 0 saturated carbocycles. The lowest BCUT2D eigenvalue weighted by molar-refractivity contribution is -0.126. The number of hydrogen-bond acceptors (Lipinski definition) is 4. The van der Waals surface area contributed by atoms with Gasteiger partial charge in [0.25, 0.3) is 11.8 Å². The predicted octanol–water partition coefficient (Wildman–Crippen LogP) is 1.66. The van der Waals surface area contributed by atoms with Gasteiger partial charge >= 0.3 is 0 Å². The Kier molecular flexibility index (Phi) is 5.38. The molecule has 6 heteroatoms. The first-order valence-electron chi connectivity index (χ1n) is 7.87. The van der Waals surface area contributed by atoms with Gasteiger partial charge in [-0.25, -0.2) is 0 Å². The summed E-state index contributed by atoms with van der Waals surface area (Å²) in [6.45, 7) is 6.18. The monoisotopic (exact) mass is 319 g/mol. The fraction of sp³-hybridized carbons (Fsp3) is 0.529. The van der Waals surface area contributed by atoms with Gasteiger partial charge in [0.1, 0.15) is 6.10 Å². The van der Waals surface area contributed by atoms with Crippen LogP contribution in [0.2, 0.25) is 0 Å². The minimum Gasteiger partial charge on any atom is -0.364 e. The number of ether oxygens (including phenoxy) is 1. The molecular formula is C17H25N3O3. The molecular weight excluding hydrogens is 294 g/mol. The molecule has 1 saturated heterocycles. The Balaban J connectivity index is 2.00. The van der Waals surface area contributed by atoms with Crippen molar-refractivity contribution in [3.63, 3.8) is 0 Å². The van der Waals surface area contributed by atoms with Crippen LogP contribution in [0.25, 0.3) is 0 Å². The highest BCUT2D eigenvalue weighted by molar-refractivity contribution is 5.98. The van der Waals surface area contributed by atoms with E-state index in [0.29, 0.717) is 24.2 Å². The Hall–Kier alpha value is -1.92. The van der Waals surface area contributed by atoms with Gasteiger partial charge in [-0.05, 0) is 51.8 Å². The number of nitrogens with one attached hydrogen (secondary N) is 2. The summed E-state index contributed by atoms with van der Waals surface area (Å²) in [5.74, 6) is -0.372. The molecule has 1 aliphatic rings. The van der Waals surface area contributed by atoms with Crippen LogP contribution in [0.5, 0.6) is 0 Å². The maximum absolute atomic E-state index is 12.2. The van der Waals surface area contributed by atoms with Crippen molar-refractivity contribution < 1.29 is 14.3 Å². The van der Waals surface area contributed by atoms with E-state index in [1.54, 1.807) is 24.3 Å². The number of benzene rings is 1. The third-order valence-electron chi connectivity index (χ3n) is 3.54. The molecule has 1 fully saturated rings. The average Bonchev–Trinajstić information content (AvgIpc) is 2.95. The number of carbonyl (C=O) groups is 2. The molecule has 1 aromatic carbocycles. The Bertz CT molecular complexity index is 581. The third kappa shape index (κ3) is 5.04. The highest BCUT2D eigenvalue weighted by Gasteiger charge is 2.29. The predicted molar refractivity (Wildman–Crippen MR) is 89.2 cm³/mol. The van der Waals surface area contributed by atoms with E-state index in [1.165, 1.54) is 0 Å². The number of amides is 2. The van der Waals surface area contributed by atoms with Crippen LogP contribution in [0.1, 0.15) is 44.0 Å². The minimum absolute atomic E-state index is 0.0466. The second kappa shape index (κ2) is 7.10. The first kappa shape index (κ1) is 17.4. The lowest BCUT2D eigenvalue weighted by atomic mass is 10.1. The SMILES string of the molecule is CC(C)(C)NC(=O)c1cccc(NC(=O)[C@@H]2CC[C@H](CN)O2)c1. The van der Waals surface area contributed by atoms with Crippen molar-refractivity contribution in [1.29, 1.82) is 0 Å². The molecule has 2 amide bonds. The van der Waals surface area contributed by atoms with E-state index >= 15 is 0 Å². The zero-order valence-electron chi connectivity index (χ0n) is 13.9. The van der Waals surface area contributed by atoms with Crippen molar-refractivity contribution in [3.05, 3.63) is 29.8 Å². The van der Waals surface area contributed by atoms with Gasteiger partial charge in [0.15, 0.2) is 0 Å². The summed E-state index contributed by atoms with van der Waals surface area (Å²) < 4.78 is 5.57. The van der Waals surface area contributed by atoms with Crippen LogP contribution in [0, 0.1) is 0 Å². The summed E-state index contributed by atoms with van der Waals surface area (Å²) in [7, 11) is 0. The molecule has 2 atom stereocenters. The molecule has 1 aliphatic heterocycles. The first-order valence-corrected chi connectivity index (χ1v) is 7.87. The van der Waals surface area contributed by atoms with E-state index < -0.39 is 6.10 Å². The molecule has 0 aromatic heterocycles. The van der Waals surface area contributed by atoms with Crippen LogP contribution in [0.15, 0.2) is 24.3 Å². The quantitative estimate of drug-likeness (QED) is 0.787. The Labute approximate surface area is 136 Å². The second-order valence-corrected chi connectivity index (χ2v) is 6.83. The summed E-state index contributed by atoms with van der Waals surface area (Å²) >= 11 is 0. The van der Waals surface area contributed by atoms with Crippen LogP contribution in [0.3, 0.4) is 0 Å². The average molecular weight is 319 g/mol. The van der Waals surface area contributed by atoms with Crippen LogP contribution in [-0.2, 0) is 9.53 Å². The lowest BCUT2D eigenvalue weighted by Crippen LogP contribution is -2.40. The van der Waals surface area contributed by atoms with Gasteiger partial charge < -0.3 is 21.1 Å². The normalized spacial score (nSPS) is 21.0. The summed E-state index contributed by atoms with van der Waals surface area (Å²) in [4.78, 5) is 24.4. The summed E-state index contributed by atoms with van der Waals surface area (Å²) in [5.41, 5.74) is 6.32. The summed E-state index contributed by atoms with van der Waals surface area (Å²) in [5, 5.41) is 5.70. The van der Waals surface area contributed by atoms with Crippen LogP contribution in [0.4, 0.5) is 5.69 Å². The van der Waals surface area contributed by atoms with Gasteiger partial charge in [-0.15, -0.1) is 0 Å². The molecule has 1 aromatic rings. The molecule has 0 unspecified atom stereocenters. The molecule has 0 spiro atoms. The Morgan fingerprint density at radius 1 is 1.30 bits per heavy atom. The Morgan fingerprint density at radius 3 is 2.65 bits per heavy atom. The van der Waals surface area contributed by atoms with Gasteiger partial charge in [0.2, 0.25) is 0 Å². The van der Waals surface area contributed by atoms with Crippen molar-refractivity contribution in [1.82, 2.24) is 5.32 Å². The highest BCUT2D eigenvalue weighted by atomic mass is 16.5. The second-order valence-electron chi connectivity index (χ2n) is 6.83. The minimum atomic E-state index is -0.476. The smallest absolute Gasteiger partial charge is 0.253 e. The molecule has 0 radical (unpaired) electrons. The van der Waals surface area contributed by atoms with Crippen LogP contribution in [-0.4, -0.2) is 36.1 Å². The topological polar surface area (TPSA) is 93.5 Å². The molecule has 126 valence electrons. The zero-order valence-corrected chi connectivity index (χ0v) is 13.9. The van der Waals surface area contributed by atoms with Crippen molar-refractivity contribution >= 4 is 17.5 Å².